The van der Waals surface area contributed by atoms with E-state index in [9.17, 15) is 4.79 Å². The predicted octanol–water partition coefficient (Wildman–Crippen LogP) is 1.05. The van der Waals surface area contributed by atoms with Gasteiger partial charge in [-0.25, -0.2) is 9.79 Å². The van der Waals surface area contributed by atoms with Gasteiger partial charge >= 0.3 is 0 Å². The highest BCUT2D eigenvalue weighted by Gasteiger charge is 2.04. The van der Waals surface area contributed by atoms with Crippen LogP contribution in [0.4, 0.5) is 0 Å². The maximum absolute atomic E-state index is 9.72. The molecule has 0 aliphatic carbocycles. The summed E-state index contributed by atoms with van der Waals surface area (Å²) < 4.78 is 0. The highest BCUT2D eigenvalue weighted by atomic mass is 16.1. The third-order valence-electron chi connectivity index (χ3n) is 1.97. The summed E-state index contributed by atoms with van der Waals surface area (Å²) in [6.07, 6.45) is 2.65. The summed E-state index contributed by atoms with van der Waals surface area (Å²) in [5, 5.41) is 0. The molecule has 0 spiro atoms. The maximum atomic E-state index is 9.72. The Balaban J connectivity index is 3.50. The zero-order valence-electron chi connectivity index (χ0n) is 7.50. The largest absolute Gasteiger partial charge is 0.302 e. The lowest BCUT2D eigenvalue weighted by molar-refractivity contribution is 0.259. The molecule has 1 unspecified atom stereocenters. The summed E-state index contributed by atoms with van der Waals surface area (Å²) in [5.74, 6) is 0. The van der Waals surface area contributed by atoms with Gasteiger partial charge in [0.05, 0.1) is 6.54 Å². The average molecular weight is 156 g/mol. The molecule has 0 heterocycles. The van der Waals surface area contributed by atoms with E-state index in [1.165, 1.54) is 6.08 Å². The number of carbonyl (C=O) groups excluding carboxylic acids is 1. The van der Waals surface area contributed by atoms with Crippen molar-refractivity contribution in [3.63, 3.8) is 0 Å². The Bertz CT molecular complexity index is 141. The highest BCUT2D eigenvalue weighted by molar-refractivity contribution is 5.32. The molecule has 0 amide bonds. The fraction of sp³-hybridized carbons (Fsp3) is 0.875. The molecular weight excluding hydrogens is 140 g/mol. The first-order valence-corrected chi connectivity index (χ1v) is 3.96. The van der Waals surface area contributed by atoms with Crippen molar-refractivity contribution in [3.05, 3.63) is 0 Å². The Morgan fingerprint density at radius 1 is 1.64 bits per heavy atom. The predicted molar refractivity (Wildman–Crippen MR) is 45.4 cm³/mol. The van der Waals surface area contributed by atoms with Crippen LogP contribution in [0.3, 0.4) is 0 Å². The first-order chi connectivity index (χ1) is 5.22. The molecule has 0 radical (unpaired) electrons. The van der Waals surface area contributed by atoms with Crippen LogP contribution >= 0.6 is 0 Å². The first kappa shape index (κ1) is 10.3. The van der Waals surface area contributed by atoms with E-state index in [0.717, 1.165) is 13.0 Å². The summed E-state index contributed by atoms with van der Waals surface area (Å²) in [6, 6.07) is 0.567. The lowest BCUT2D eigenvalue weighted by Gasteiger charge is -2.21. The van der Waals surface area contributed by atoms with Gasteiger partial charge in [-0.1, -0.05) is 6.92 Å². The summed E-state index contributed by atoms with van der Waals surface area (Å²) >= 11 is 0. The second kappa shape index (κ2) is 6.08. The molecule has 0 aliphatic heterocycles. The van der Waals surface area contributed by atoms with Crippen LogP contribution in [-0.4, -0.2) is 37.2 Å². The average Bonchev–Trinajstić information content (AvgIpc) is 2.03. The molecule has 0 aromatic rings. The van der Waals surface area contributed by atoms with Crippen molar-refractivity contribution in [3.8, 4) is 0 Å². The number of aliphatic imine (C=N–C) groups is 1. The van der Waals surface area contributed by atoms with Crippen LogP contribution in [-0.2, 0) is 4.79 Å². The molecule has 0 fully saturated rings. The minimum Gasteiger partial charge on any atom is -0.302 e. The molecule has 0 saturated carbocycles. The van der Waals surface area contributed by atoms with Gasteiger partial charge in [-0.3, -0.25) is 0 Å². The van der Waals surface area contributed by atoms with E-state index in [1.54, 1.807) is 0 Å². The number of hydrogen-bond donors (Lipinski definition) is 0. The molecule has 0 bridgehead atoms. The zero-order valence-corrected chi connectivity index (χ0v) is 7.50. The van der Waals surface area contributed by atoms with Gasteiger partial charge in [-0.15, -0.1) is 0 Å². The van der Waals surface area contributed by atoms with Gasteiger partial charge in [0, 0.05) is 12.6 Å². The van der Waals surface area contributed by atoms with Gasteiger partial charge in [0.1, 0.15) is 0 Å². The van der Waals surface area contributed by atoms with Crippen LogP contribution < -0.4 is 0 Å². The Morgan fingerprint density at radius 3 is 2.73 bits per heavy atom. The molecule has 0 N–H and O–H groups in total. The summed E-state index contributed by atoms with van der Waals surface area (Å²) in [4.78, 5) is 15.4. The molecular formula is C8H16N2O. The molecule has 11 heavy (non-hydrogen) atoms. The van der Waals surface area contributed by atoms with E-state index in [-0.39, 0.29) is 0 Å². The minimum absolute atomic E-state index is 0.560. The Hall–Kier alpha value is -0.660. The van der Waals surface area contributed by atoms with E-state index >= 15 is 0 Å². The topological polar surface area (TPSA) is 32.7 Å². The number of isocyanates is 1. The van der Waals surface area contributed by atoms with Crippen LogP contribution in [0.25, 0.3) is 0 Å². The van der Waals surface area contributed by atoms with Crippen molar-refractivity contribution in [1.82, 2.24) is 4.90 Å². The monoisotopic (exact) mass is 156 g/mol. The molecule has 1 atom stereocenters. The molecule has 0 saturated heterocycles. The fourth-order valence-corrected chi connectivity index (χ4v) is 0.785. The second-order valence-corrected chi connectivity index (χ2v) is 2.71. The standard InChI is InChI=1S/C8H16N2O/c1-4-8(2)10(3)6-5-9-7-11/h8H,4-6H2,1-3H3. The maximum Gasteiger partial charge on any atom is 0.234 e. The van der Waals surface area contributed by atoms with Gasteiger partial charge in [-0.2, -0.15) is 0 Å². The van der Waals surface area contributed by atoms with Gasteiger partial charge in [0.25, 0.3) is 0 Å². The van der Waals surface area contributed by atoms with Crippen LogP contribution in [0.1, 0.15) is 20.3 Å². The number of rotatable bonds is 5. The minimum atomic E-state index is 0.560. The quantitative estimate of drug-likeness (QED) is 0.440. The van der Waals surface area contributed by atoms with Crippen molar-refractivity contribution in [2.24, 2.45) is 4.99 Å². The van der Waals surface area contributed by atoms with Crippen molar-refractivity contribution in [2.75, 3.05) is 20.1 Å². The van der Waals surface area contributed by atoms with Crippen molar-refractivity contribution in [1.29, 1.82) is 0 Å². The number of likely N-dealkylation sites (N-methyl/N-ethyl adjacent to an activating group) is 1. The molecule has 0 aromatic heterocycles. The van der Waals surface area contributed by atoms with E-state index in [4.69, 9.17) is 0 Å². The number of nitrogens with zero attached hydrogens (tertiary/aromatic N) is 2. The summed E-state index contributed by atoms with van der Waals surface area (Å²) in [5.41, 5.74) is 0. The fourth-order valence-electron chi connectivity index (χ4n) is 0.785. The molecule has 3 nitrogen and oxygen atoms in total. The van der Waals surface area contributed by atoms with E-state index in [0.29, 0.717) is 12.6 Å². The van der Waals surface area contributed by atoms with Crippen molar-refractivity contribution < 1.29 is 4.79 Å². The molecule has 64 valence electrons. The van der Waals surface area contributed by atoms with Crippen molar-refractivity contribution in [2.45, 2.75) is 26.3 Å². The Morgan fingerprint density at radius 2 is 2.27 bits per heavy atom. The normalized spacial score (nSPS) is 12.7. The highest BCUT2D eigenvalue weighted by Crippen LogP contribution is 1.98. The van der Waals surface area contributed by atoms with E-state index in [2.05, 4.69) is 23.7 Å². The van der Waals surface area contributed by atoms with Gasteiger partial charge < -0.3 is 4.90 Å². The smallest absolute Gasteiger partial charge is 0.234 e. The summed E-state index contributed by atoms with van der Waals surface area (Å²) in [6.45, 7) is 5.70. The third-order valence-corrected chi connectivity index (χ3v) is 1.97. The lowest BCUT2D eigenvalue weighted by atomic mass is 10.2. The molecule has 0 aromatic carbocycles. The van der Waals surface area contributed by atoms with Crippen LogP contribution in [0.15, 0.2) is 4.99 Å². The van der Waals surface area contributed by atoms with Crippen LogP contribution in [0, 0.1) is 0 Å². The second-order valence-electron chi connectivity index (χ2n) is 2.71. The van der Waals surface area contributed by atoms with Crippen LogP contribution in [0.5, 0.6) is 0 Å². The van der Waals surface area contributed by atoms with E-state index < -0.39 is 0 Å². The van der Waals surface area contributed by atoms with Gasteiger partial charge in [0.2, 0.25) is 6.08 Å². The Labute approximate surface area is 68.1 Å². The SMILES string of the molecule is CCC(C)N(C)CCN=C=O. The zero-order chi connectivity index (χ0) is 8.69. The van der Waals surface area contributed by atoms with Gasteiger partial charge in [-0.05, 0) is 20.4 Å². The summed E-state index contributed by atoms with van der Waals surface area (Å²) in [7, 11) is 2.04. The third kappa shape index (κ3) is 4.71. The first-order valence-electron chi connectivity index (χ1n) is 3.96. The van der Waals surface area contributed by atoms with Crippen LogP contribution in [0.2, 0.25) is 0 Å². The molecule has 3 heteroatoms. The molecule has 0 rings (SSSR count). The molecule has 0 aliphatic rings. The van der Waals surface area contributed by atoms with E-state index in [1.807, 2.05) is 7.05 Å². The van der Waals surface area contributed by atoms with Crippen molar-refractivity contribution >= 4 is 6.08 Å². The Kier molecular flexibility index (Phi) is 5.71. The lowest BCUT2D eigenvalue weighted by Crippen LogP contribution is -2.30. The van der Waals surface area contributed by atoms with Gasteiger partial charge in [0.15, 0.2) is 0 Å². The number of hydrogen-bond acceptors (Lipinski definition) is 3.